The number of hydrogen-bond acceptors (Lipinski definition) is 4. The summed E-state index contributed by atoms with van der Waals surface area (Å²) in [6.07, 6.45) is 1.92. The van der Waals surface area contributed by atoms with E-state index in [1.54, 1.807) is 24.3 Å². The molecule has 0 unspecified atom stereocenters. The number of benzene rings is 4. The predicted octanol–water partition coefficient (Wildman–Crippen LogP) is 7.80. The van der Waals surface area contributed by atoms with Gasteiger partial charge in [0.2, 0.25) is 0 Å². The Morgan fingerprint density at radius 3 is 2.46 bits per heavy atom. The number of thiocarbonyl (C=S) groups is 1. The molecule has 1 aromatic heterocycles. The van der Waals surface area contributed by atoms with Gasteiger partial charge in [-0.1, -0.05) is 78.6 Å². The van der Waals surface area contributed by atoms with Crippen molar-refractivity contribution >= 4 is 68.5 Å². The third-order valence-corrected chi connectivity index (χ3v) is 8.30. The van der Waals surface area contributed by atoms with Crippen molar-refractivity contribution in [1.82, 2.24) is 4.57 Å². The number of rotatable bonds is 6. The van der Waals surface area contributed by atoms with E-state index in [-0.39, 0.29) is 17.6 Å². The second kappa shape index (κ2) is 11.2. The van der Waals surface area contributed by atoms with Crippen LogP contribution in [0.2, 0.25) is 0 Å². The number of carbonyl (C=O) groups excluding carboxylic acids is 2. The Hall–Kier alpha value is -4.53. The molecule has 5 aromatic rings. The van der Waals surface area contributed by atoms with Gasteiger partial charge in [0.15, 0.2) is 4.32 Å². The van der Waals surface area contributed by atoms with Gasteiger partial charge in [0.1, 0.15) is 5.82 Å². The number of halogens is 1. The van der Waals surface area contributed by atoms with Crippen LogP contribution in [0.25, 0.3) is 17.0 Å². The minimum absolute atomic E-state index is 0.240. The maximum absolute atomic E-state index is 13.7. The number of fused-ring (bicyclic) bond motifs is 1. The first kappa shape index (κ1) is 26.7. The molecule has 5 nitrogen and oxygen atoms in total. The number of thioether (sulfide) groups is 1. The number of nitrogens with zero attached hydrogens (tertiary/aromatic N) is 2. The van der Waals surface area contributed by atoms with Crippen molar-refractivity contribution < 1.29 is 14.0 Å². The zero-order valence-corrected chi connectivity index (χ0v) is 23.6. The molecule has 41 heavy (non-hydrogen) atoms. The third-order valence-electron chi connectivity index (χ3n) is 7.00. The van der Waals surface area contributed by atoms with E-state index in [4.69, 9.17) is 12.2 Å². The van der Waals surface area contributed by atoms with Crippen LogP contribution >= 0.6 is 24.0 Å². The van der Waals surface area contributed by atoms with Crippen LogP contribution in [-0.2, 0) is 11.3 Å². The second-order valence-corrected chi connectivity index (χ2v) is 11.3. The quantitative estimate of drug-likeness (QED) is 0.165. The number of nitrogens with one attached hydrogen (secondary N) is 1. The first-order valence-corrected chi connectivity index (χ1v) is 14.2. The second-order valence-electron chi connectivity index (χ2n) is 9.62. The molecule has 0 saturated carbocycles. The van der Waals surface area contributed by atoms with Crippen LogP contribution in [0.4, 0.5) is 15.8 Å². The fraction of sp³-hybridized carbons (Fsp3) is 0.0606. The van der Waals surface area contributed by atoms with Crippen molar-refractivity contribution in [2.24, 2.45) is 0 Å². The fourth-order valence-corrected chi connectivity index (χ4v) is 6.23. The standard InChI is InChI=1S/C33H24FN3O2S2/c1-21-28(27-12-5-6-13-29(27)36(21)20-22-8-3-2-4-9-22)19-30-32(39)37(33(40)41-30)26-11-7-10-23(18-26)31(38)35-25-16-14-24(34)15-17-25/h2-19H,20H2,1H3,(H,35,38)/b30-19+. The Morgan fingerprint density at radius 1 is 0.951 bits per heavy atom. The molecule has 1 N–H and O–H groups in total. The lowest BCUT2D eigenvalue weighted by Gasteiger charge is -2.15. The minimum atomic E-state index is -0.386. The maximum Gasteiger partial charge on any atom is 0.270 e. The first-order valence-electron chi connectivity index (χ1n) is 13.0. The normalized spacial score (nSPS) is 14.3. The summed E-state index contributed by atoms with van der Waals surface area (Å²) in [6.45, 7) is 2.79. The Bertz CT molecular complexity index is 1850. The van der Waals surface area contributed by atoms with Gasteiger partial charge in [0, 0.05) is 40.0 Å². The van der Waals surface area contributed by atoms with Gasteiger partial charge in [-0.2, -0.15) is 0 Å². The zero-order chi connectivity index (χ0) is 28.5. The van der Waals surface area contributed by atoms with E-state index in [0.717, 1.165) is 28.7 Å². The molecular weight excluding hydrogens is 554 g/mol. The summed E-state index contributed by atoms with van der Waals surface area (Å²) < 4.78 is 15.9. The third kappa shape index (κ3) is 5.31. The Kier molecular flexibility index (Phi) is 7.26. The Labute approximate surface area is 246 Å². The van der Waals surface area contributed by atoms with Crippen LogP contribution in [-0.4, -0.2) is 20.7 Å². The van der Waals surface area contributed by atoms with Gasteiger partial charge in [-0.05, 0) is 67.1 Å². The molecule has 0 bridgehead atoms. The molecule has 202 valence electrons. The number of carbonyl (C=O) groups is 2. The SMILES string of the molecule is Cc1c(/C=C2/SC(=S)N(c3cccc(C(=O)Nc4ccc(F)cc4)c3)C2=O)c2ccccc2n1Cc1ccccc1. The molecule has 0 radical (unpaired) electrons. The Balaban J connectivity index is 1.30. The van der Waals surface area contributed by atoms with Gasteiger partial charge < -0.3 is 9.88 Å². The van der Waals surface area contributed by atoms with E-state index >= 15 is 0 Å². The molecule has 6 rings (SSSR count). The first-order chi connectivity index (χ1) is 19.9. The molecule has 8 heteroatoms. The van der Waals surface area contributed by atoms with E-state index in [2.05, 4.69) is 41.1 Å². The fourth-order valence-electron chi connectivity index (χ4n) is 4.95. The summed E-state index contributed by atoms with van der Waals surface area (Å²) in [6, 6.07) is 30.7. The van der Waals surface area contributed by atoms with Crippen LogP contribution in [0.15, 0.2) is 108 Å². The average molecular weight is 578 g/mol. The van der Waals surface area contributed by atoms with E-state index in [1.807, 2.05) is 36.4 Å². The smallest absolute Gasteiger partial charge is 0.270 e. The molecule has 0 aliphatic carbocycles. The summed E-state index contributed by atoms with van der Waals surface area (Å²) in [4.78, 5) is 28.5. The summed E-state index contributed by atoms with van der Waals surface area (Å²) in [7, 11) is 0. The summed E-state index contributed by atoms with van der Waals surface area (Å²) >= 11 is 6.87. The number of amides is 2. The highest BCUT2D eigenvalue weighted by molar-refractivity contribution is 8.27. The van der Waals surface area contributed by atoms with Gasteiger partial charge in [0.25, 0.3) is 11.8 Å². The molecule has 1 aliphatic rings. The predicted molar refractivity (Wildman–Crippen MR) is 169 cm³/mol. The largest absolute Gasteiger partial charge is 0.340 e. The van der Waals surface area contributed by atoms with Crippen molar-refractivity contribution in [3.8, 4) is 0 Å². The molecule has 0 atom stereocenters. The van der Waals surface area contributed by atoms with Gasteiger partial charge in [0.05, 0.1) is 10.6 Å². The van der Waals surface area contributed by atoms with Crippen molar-refractivity contribution in [2.45, 2.75) is 13.5 Å². The molecule has 1 aliphatic heterocycles. The highest BCUT2D eigenvalue weighted by Gasteiger charge is 2.34. The summed E-state index contributed by atoms with van der Waals surface area (Å²) in [5.41, 5.74) is 5.64. The highest BCUT2D eigenvalue weighted by Crippen LogP contribution is 2.38. The molecule has 1 saturated heterocycles. The molecule has 2 amide bonds. The van der Waals surface area contributed by atoms with E-state index in [9.17, 15) is 14.0 Å². The van der Waals surface area contributed by atoms with Gasteiger partial charge in [-0.3, -0.25) is 14.5 Å². The molecular formula is C33H24FN3O2S2. The monoisotopic (exact) mass is 577 g/mol. The molecule has 1 fully saturated rings. The number of para-hydroxylation sites is 1. The number of anilines is 2. The lowest BCUT2D eigenvalue weighted by atomic mass is 10.1. The zero-order valence-electron chi connectivity index (χ0n) is 22.0. The lowest BCUT2D eigenvalue weighted by Crippen LogP contribution is -2.27. The van der Waals surface area contributed by atoms with Crippen molar-refractivity contribution in [2.75, 3.05) is 10.2 Å². The number of hydrogen-bond donors (Lipinski definition) is 1. The number of aromatic nitrogens is 1. The molecule has 4 aromatic carbocycles. The van der Waals surface area contributed by atoms with Gasteiger partial charge in [-0.15, -0.1) is 0 Å². The van der Waals surface area contributed by atoms with Gasteiger partial charge >= 0.3 is 0 Å². The minimum Gasteiger partial charge on any atom is -0.340 e. The topological polar surface area (TPSA) is 54.3 Å². The van der Waals surface area contributed by atoms with Crippen molar-refractivity contribution in [1.29, 1.82) is 0 Å². The average Bonchev–Trinajstić information content (AvgIpc) is 3.42. The highest BCUT2D eigenvalue weighted by atomic mass is 32.2. The summed E-state index contributed by atoms with van der Waals surface area (Å²) in [5, 5.41) is 3.81. The molecule has 2 heterocycles. The molecule has 0 spiro atoms. The summed E-state index contributed by atoms with van der Waals surface area (Å²) in [5.74, 6) is -1.000. The van der Waals surface area contributed by atoms with Crippen LogP contribution in [0, 0.1) is 12.7 Å². The van der Waals surface area contributed by atoms with E-state index in [1.165, 1.54) is 46.5 Å². The van der Waals surface area contributed by atoms with Gasteiger partial charge in [-0.25, -0.2) is 4.39 Å². The Morgan fingerprint density at radius 2 is 1.68 bits per heavy atom. The van der Waals surface area contributed by atoms with Crippen LogP contribution in [0.1, 0.15) is 27.2 Å². The van der Waals surface area contributed by atoms with Crippen LogP contribution < -0.4 is 10.2 Å². The van der Waals surface area contributed by atoms with Crippen molar-refractivity contribution in [3.63, 3.8) is 0 Å². The van der Waals surface area contributed by atoms with Crippen LogP contribution in [0.5, 0.6) is 0 Å². The maximum atomic E-state index is 13.7. The van der Waals surface area contributed by atoms with Crippen LogP contribution in [0.3, 0.4) is 0 Å². The lowest BCUT2D eigenvalue weighted by molar-refractivity contribution is -0.113. The van der Waals surface area contributed by atoms with E-state index < -0.39 is 0 Å². The van der Waals surface area contributed by atoms with Crippen molar-refractivity contribution in [3.05, 3.63) is 136 Å². The van der Waals surface area contributed by atoms with E-state index in [0.29, 0.717) is 26.2 Å².